The van der Waals surface area contributed by atoms with Gasteiger partial charge in [0.2, 0.25) is 5.82 Å². The highest BCUT2D eigenvalue weighted by molar-refractivity contribution is 5.84. The quantitative estimate of drug-likeness (QED) is 0.414. The van der Waals surface area contributed by atoms with Crippen molar-refractivity contribution in [1.82, 2.24) is 10.1 Å². The minimum absolute atomic E-state index is 0.125. The summed E-state index contributed by atoms with van der Waals surface area (Å²) in [5, 5.41) is 3.82. The first kappa shape index (κ1) is 19.2. The highest BCUT2D eigenvalue weighted by atomic mass is 16.6. The molecule has 5 heteroatoms. The van der Waals surface area contributed by atoms with Crippen molar-refractivity contribution in [3.05, 3.63) is 35.7 Å². The van der Waals surface area contributed by atoms with Gasteiger partial charge in [0.25, 0.3) is 0 Å². The number of aromatic nitrogens is 2. The van der Waals surface area contributed by atoms with E-state index in [9.17, 15) is 4.79 Å². The summed E-state index contributed by atoms with van der Waals surface area (Å²) in [7, 11) is 1.28. The molecule has 0 aliphatic heterocycles. The molecule has 1 aromatic heterocycles. The van der Waals surface area contributed by atoms with Crippen molar-refractivity contribution in [2.45, 2.75) is 64.7 Å². The Balaban J connectivity index is 1.73. The molecule has 0 N–H and O–H groups in total. The van der Waals surface area contributed by atoms with Gasteiger partial charge in [-0.25, -0.2) is 4.79 Å². The predicted octanol–water partition coefficient (Wildman–Crippen LogP) is 5.21. The fourth-order valence-corrected chi connectivity index (χ4v) is 2.79. The van der Waals surface area contributed by atoms with E-state index in [-0.39, 0.29) is 5.89 Å². The monoisotopic (exact) mass is 344 g/mol. The molecule has 0 aliphatic carbocycles. The van der Waals surface area contributed by atoms with Crippen LogP contribution in [0.1, 0.15) is 74.5 Å². The second kappa shape index (κ2) is 10.6. The van der Waals surface area contributed by atoms with E-state index in [1.807, 2.05) is 12.1 Å². The zero-order valence-corrected chi connectivity index (χ0v) is 15.3. The zero-order chi connectivity index (χ0) is 17.9. The van der Waals surface area contributed by atoms with Crippen molar-refractivity contribution in [3.63, 3.8) is 0 Å². The number of esters is 1. The molecule has 0 saturated carbocycles. The van der Waals surface area contributed by atoms with Gasteiger partial charge in [-0.05, 0) is 18.4 Å². The van der Waals surface area contributed by atoms with Crippen LogP contribution in [0.4, 0.5) is 0 Å². The number of hydrogen-bond acceptors (Lipinski definition) is 5. The third kappa shape index (κ3) is 6.33. The Labute approximate surface area is 149 Å². The van der Waals surface area contributed by atoms with Crippen LogP contribution in [0.2, 0.25) is 0 Å². The number of unbranched alkanes of at least 4 members (excludes halogenated alkanes) is 7. The second-order valence-corrected chi connectivity index (χ2v) is 6.34. The molecule has 1 heterocycles. The molecule has 0 spiro atoms. The first-order chi connectivity index (χ1) is 12.2. The number of nitrogens with zero attached hydrogens (tertiary/aromatic N) is 2. The van der Waals surface area contributed by atoms with Crippen molar-refractivity contribution < 1.29 is 14.1 Å². The van der Waals surface area contributed by atoms with Crippen LogP contribution >= 0.6 is 0 Å². The zero-order valence-electron chi connectivity index (χ0n) is 15.3. The smallest absolute Gasteiger partial charge is 0.397 e. The minimum Gasteiger partial charge on any atom is -0.462 e. The molecule has 2 rings (SSSR count). The number of methoxy groups -OCH3 is 1. The fourth-order valence-electron chi connectivity index (χ4n) is 2.79. The van der Waals surface area contributed by atoms with Gasteiger partial charge in [-0.1, -0.05) is 81.3 Å². The number of rotatable bonds is 11. The average molecular weight is 344 g/mol. The number of hydrogen-bond donors (Lipinski definition) is 0. The van der Waals surface area contributed by atoms with Crippen molar-refractivity contribution >= 4 is 5.97 Å². The summed E-state index contributed by atoms with van der Waals surface area (Å²) in [5.41, 5.74) is 2.14. The lowest BCUT2D eigenvalue weighted by Gasteiger charge is -2.03. The van der Waals surface area contributed by atoms with E-state index in [1.54, 1.807) is 0 Å². The molecule has 25 heavy (non-hydrogen) atoms. The summed E-state index contributed by atoms with van der Waals surface area (Å²) < 4.78 is 9.45. The summed E-state index contributed by atoms with van der Waals surface area (Å²) in [6.07, 6.45) is 11.7. The molecule has 0 amide bonds. The Morgan fingerprint density at radius 1 is 1.00 bits per heavy atom. The maximum absolute atomic E-state index is 11.3. The molecule has 0 saturated heterocycles. The van der Waals surface area contributed by atoms with Crippen molar-refractivity contribution in [2.24, 2.45) is 0 Å². The largest absolute Gasteiger partial charge is 0.462 e. The molecule has 5 nitrogen and oxygen atoms in total. The molecule has 1 aromatic carbocycles. The normalized spacial score (nSPS) is 10.8. The molecule has 0 aliphatic rings. The van der Waals surface area contributed by atoms with Crippen LogP contribution in [0.3, 0.4) is 0 Å². The average Bonchev–Trinajstić information content (AvgIpc) is 3.14. The summed E-state index contributed by atoms with van der Waals surface area (Å²) in [4.78, 5) is 15.4. The molecule has 136 valence electrons. The van der Waals surface area contributed by atoms with Gasteiger partial charge in [0, 0.05) is 5.56 Å². The van der Waals surface area contributed by atoms with Crippen LogP contribution in [0, 0.1) is 0 Å². The van der Waals surface area contributed by atoms with Gasteiger partial charge in [-0.2, -0.15) is 4.98 Å². The molecule has 0 unspecified atom stereocenters. The van der Waals surface area contributed by atoms with E-state index in [4.69, 9.17) is 4.52 Å². The Hall–Kier alpha value is -2.17. The maximum atomic E-state index is 11.3. The van der Waals surface area contributed by atoms with E-state index in [2.05, 4.69) is 33.9 Å². The Morgan fingerprint density at radius 3 is 2.28 bits per heavy atom. The number of carbonyl (C=O) groups excluding carboxylic acids is 1. The summed E-state index contributed by atoms with van der Waals surface area (Å²) in [6.45, 7) is 2.25. The summed E-state index contributed by atoms with van der Waals surface area (Å²) in [5.74, 6) is -0.343. The lowest BCUT2D eigenvalue weighted by molar-refractivity contribution is 0.0545. The van der Waals surface area contributed by atoms with Gasteiger partial charge in [0.05, 0.1) is 7.11 Å². The van der Waals surface area contributed by atoms with Gasteiger partial charge < -0.3 is 9.26 Å². The first-order valence-electron chi connectivity index (χ1n) is 9.26. The van der Waals surface area contributed by atoms with Gasteiger partial charge in [0.1, 0.15) is 0 Å². The van der Waals surface area contributed by atoms with Gasteiger partial charge in [-0.3, -0.25) is 0 Å². The standard InChI is InChI=1S/C20H28N2O3/c1-3-4-5-6-7-8-9-10-11-16-12-14-17(15-13-16)18-21-19(25-22-18)20(23)24-2/h12-15H,3-11H2,1-2H3. The predicted molar refractivity (Wildman–Crippen MR) is 97.4 cm³/mol. The first-order valence-corrected chi connectivity index (χ1v) is 9.26. The van der Waals surface area contributed by atoms with E-state index >= 15 is 0 Å². The highest BCUT2D eigenvalue weighted by Crippen LogP contribution is 2.18. The lowest BCUT2D eigenvalue weighted by Crippen LogP contribution is -2.00. The number of benzene rings is 1. The molecule has 2 aromatic rings. The highest BCUT2D eigenvalue weighted by Gasteiger charge is 2.16. The van der Waals surface area contributed by atoms with E-state index in [1.165, 1.54) is 64.0 Å². The van der Waals surface area contributed by atoms with Crippen LogP contribution < -0.4 is 0 Å². The SMILES string of the molecule is CCCCCCCCCCc1ccc(-c2noc(C(=O)OC)n2)cc1. The van der Waals surface area contributed by atoms with Crippen molar-refractivity contribution in [2.75, 3.05) is 7.11 Å². The molecular weight excluding hydrogens is 316 g/mol. The van der Waals surface area contributed by atoms with Crippen LogP contribution in [-0.2, 0) is 11.2 Å². The second-order valence-electron chi connectivity index (χ2n) is 6.34. The minimum atomic E-state index is -0.620. The van der Waals surface area contributed by atoms with Crippen LogP contribution in [0.15, 0.2) is 28.8 Å². The van der Waals surface area contributed by atoms with Crippen LogP contribution in [-0.4, -0.2) is 23.2 Å². The number of ether oxygens (including phenoxy) is 1. The van der Waals surface area contributed by atoms with Gasteiger partial charge in [0.15, 0.2) is 0 Å². The molecule has 0 bridgehead atoms. The molecular formula is C20H28N2O3. The van der Waals surface area contributed by atoms with E-state index < -0.39 is 5.97 Å². The molecule has 0 fully saturated rings. The number of aryl methyl sites for hydroxylation is 1. The third-order valence-corrected chi connectivity index (χ3v) is 4.32. The van der Waals surface area contributed by atoms with E-state index in [0.29, 0.717) is 5.82 Å². The van der Waals surface area contributed by atoms with Crippen molar-refractivity contribution in [1.29, 1.82) is 0 Å². The Morgan fingerprint density at radius 2 is 1.64 bits per heavy atom. The van der Waals surface area contributed by atoms with Gasteiger partial charge >= 0.3 is 11.9 Å². The maximum Gasteiger partial charge on any atom is 0.397 e. The molecule has 0 radical (unpaired) electrons. The van der Waals surface area contributed by atoms with Gasteiger partial charge in [-0.15, -0.1) is 0 Å². The third-order valence-electron chi connectivity index (χ3n) is 4.32. The summed E-state index contributed by atoms with van der Waals surface area (Å²) >= 11 is 0. The Kier molecular flexibility index (Phi) is 8.16. The Bertz CT molecular complexity index is 635. The molecule has 0 atom stereocenters. The van der Waals surface area contributed by atoms with E-state index in [0.717, 1.165) is 12.0 Å². The fraction of sp³-hybridized carbons (Fsp3) is 0.550. The van der Waals surface area contributed by atoms with Crippen LogP contribution in [0.25, 0.3) is 11.4 Å². The number of carbonyl (C=O) groups is 1. The summed E-state index contributed by atoms with van der Waals surface area (Å²) in [6, 6.07) is 8.10. The topological polar surface area (TPSA) is 65.2 Å². The van der Waals surface area contributed by atoms with Crippen molar-refractivity contribution in [3.8, 4) is 11.4 Å². The van der Waals surface area contributed by atoms with Crippen LogP contribution in [0.5, 0.6) is 0 Å². The lowest BCUT2D eigenvalue weighted by atomic mass is 10.0.